The van der Waals surface area contributed by atoms with Gasteiger partial charge in [-0.2, -0.15) is 0 Å². The third kappa shape index (κ3) is 4.13. The first-order valence-corrected chi connectivity index (χ1v) is 8.58. The van der Waals surface area contributed by atoms with E-state index >= 15 is 0 Å². The average Bonchev–Trinajstić information content (AvgIpc) is 2.54. The van der Waals surface area contributed by atoms with E-state index in [0.717, 1.165) is 32.5 Å². The fourth-order valence-electron chi connectivity index (χ4n) is 4.12. The largest absolute Gasteiger partial charge is 0.374 e. The summed E-state index contributed by atoms with van der Waals surface area (Å²) in [6, 6.07) is 0.878. The maximum absolute atomic E-state index is 12.7. The lowest BCUT2D eigenvalue weighted by Gasteiger charge is -2.44. The first-order chi connectivity index (χ1) is 10.3. The van der Waals surface area contributed by atoms with Gasteiger partial charge in [-0.1, -0.05) is 12.8 Å². The van der Waals surface area contributed by atoms with Gasteiger partial charge in [-0.25, -0.2) is 0 Å². The van der Waals surface area contributed by atoms with Gasteiger partial charge in [-0.15, -0.1) is 12.4 Å². The highest BCUT2D eigenvalue weighted by molar-refractivity contribution is 5.85. The van der Waals surface area contributed by atoms with Crippen LogP contribution in [0.5, 0.6) is 0 Å². The van der Waals surface area contributed by atoms with Gasteiger partial charge in [0.05, 0.1) is 25.3 Å². The van der Waals surface area contributed by atoms with Gasteiger partial charge in [0.25, 0.3) is 0 Å². The number of amides is 1. The van der Waals surface area contributed by atoms with Crippen LogP contribution in [0.4, 0.5) is 0 Å². The van der Waals surface area contributed by atoms with E-state index in [1.807, 2.05) is 7.05 Å². The minimum Gasteiger partial charge on any atom is -0.374 e. The standard InChI is InChI=1S/C16H29N3O2.ClH/c1-17-13-5-4-8-18(11-13)12-16(20)19-9-10-21-15-7-3-2-6-14(15)19;/h13-15,17H,2-12H2,1H3;1H. The zero-order valence-electron chi connectivity index (χ0n) is 13.6. The van der Waals surface area contributed by atoms with Gasteiger partial charge in [-0.05, 0) is 39.3 Å². The number of carbonyl (C=O) groups excluding carboxylic acids is 1. The van der Waals surface area contributed by atoms with Crippen molar-refractivity contribution in [2.45, 2.75) is 56.7 Å². The molecule has 1 N–H and O–H groups in total. The SMILES string of the molecule is CNC1CCCN(CC(=O)N2CCOC3CCCCC32)C1.Cl. The van der Waals surface area contributed by atoms with Crippen molar-refractivity contribution in [1.82, 2.24) is 15.1 Å². The Labute approximate surface area is 140 Å². The van der Waals surface area contributed by atoms with Crippen LogP contribution in [0.15, 0.2) is 0 Å². The average molecular weight is 332 g/mol. The molecule has 2 saturated heterocycles. The van der Waals surface area contributed by atoms with Gasteiger partial charge in [-0.3, -0.25) is 9.69 Å². The number of likely N-dealkylation sites (N-methyl/N-ethyl adjacent to an activating group) is 1. The highest BCUT2D eigenvalue weighted by atomic mass is 35.5. The molecule has 1 amide bonds. The molecule has 0 spiro atoms. The molecule has 3 aliphatic rings. The van der Waals surface area contributed by atoms with E-state index in [9.17, 15) is 4.79 Å². The number of nitrogens with zero attached hydrogens (tertiary/aromatic N) is 2. The predicted molar refractivity (Wildman–Crippen MR) is 89.5 cm³/mol. The Hall–Kier alpha value is -0.360. The van der Waals surface area contributed by atoms with Crippen LogP contribution in [0.2, 0.25) is 0 Å². The maximum Gasteiger partial charge on any atom is 0.237 e. The van der Waals surface area contributed by atoms with Crippen molar-refractivity contribution in [2.24, 2.45) is 0 Å². The number of rotatable bonds is 3. The van der Waals surface area contributed by atoms with E-state index in [1.165, 1.54) is 25.7 Å². The normalized spacial score (nSPS) is 33.0. The van der Waals surface area contributed by atoms with E-state index in [4.69, 9.17) is 4.74 Å². The Morgan fingerprint density at radius 2 is 2.00 bits per heavy atom. The molecule has 128 valence electrons. The molecule has 3 rings (SSSR count). The second-order valence-corrected chi connectivity index (χ2v) is 6.71. The minimum atomic E-state index is 0. The first-order valence-electron chi connectivity index (χ1n) is 8.58. The number of hydrogen-bond donors (Lipinski definition) is 1. The third-order valence-corrected chi connectivity index (χ3v) is 5.33. The quantitative estimate of drug-likeness (QED) is 0.845. The zero-order chi connectivity index (χ0) is 14.7. The lowest BCUT2D eigenvalue weighted by molar-refractivity contribution is -0.150. The van der Waals surface area contributed by atoms with Crippen molar-refractivity contribution in [2.75, 3.05) is 39.8 Å². The summed E-state index contributed by atoms with van der Waals surface area (Å²) in [6.07, 6.45) is 7.44. The Balaban J connectivity index is 0.00000176. The summed E-state index contributed by atoms with van der Waals surface area (Å²) in [5.74, 6) is 0.312. The lowest BCUT2D eigenvalue weighted by atomic mass is 9.90. The Morgan fingerprint density at radius 3 is 2.82 bits per heavy atom. The molecule has 0 aromatic carbocycles. The number of nitrogens with one attached hydrogen (secondary N) is 1. The van der Waals surface area contributed by atoms with E-state index in [0.29, 0.717) is 37.2 Å². The molecule has 2 aliphatic heterocycles. The van der Waals surface area contributed by atoms with Gasteiger partial charge >= 0.3 is 0 Å². The number of piperidine rings is 1. The number of carbonyl (C=O) groups is 1. The molecule has 3 fully saturated rings. The highest BCUT2D eigenvalue weighted by Gasteiger charge is 2.37. The molecule has 22 heavy (non-hydrogen) atoms. The molecule has 1 aliphatic carbocycles. The van der Waals surface area contributed by atoms with E-state index in [-0.39, 0.29) is 12.4 Å². The molecule has 5 nitrogen and oxygen atoms in total. The molecule has 0 radical (unpaired) electrons. The van der Waals surface area contributed by atoms with E-state index in [1.54, 1.807) is 0 Å². The molecular weight excluding hydrogens is 302 g/mol. The summed E-state index contributed by atoms with van der Waals surface area (Å²) in [7, 11) is 2.02. The molecule has 6 heteroatoms. The summed E-state index contributed by atoms with van der Waals surface area (Å²) in [6.45, 7) is 4.14. The van der Waals surface area contributed by atoms with Gasteiger partial charge in [0.15, 0.2) is 0 Å². The van der Waals surface area contributed by atoms with Crippen LogP contribution in [0, 0.1) is 0 Å². The van der Waals surface area contributed by atoms with Crippen molar-refractivity contribution >= 4 is 18.3 Å². The Kier molecular flexibility index (Phi) is 6.93. The van der Waals surface area contributed by atoms with Gasteiger partial charge in [0.1, 0.15) is 0 Å². The highest BCUT2D eigenvalue weighted by Crippen LogP contribution is 2.28. The number of fused-ring (bicyclic) bond motifs is 1. The first kappa shape index (κ1) is 18.0. The topological polar surface area (TPSA) is 44.8 Å². The summed E-state index contributed by atoms with van der Waals surface area (Å²) in [5.41, 5.74) is 0. The van der Waals surface area contributed by atoms with E-state index in [2.05, 4.69) is 15.1 Å². The molecule has 0 aromatic heterocycles. The molecule has 0 aromatic rings. The van der Waals surface area contributed by atoms with Crippen LogP contribution in [0.3, 0.4) is 0 Å². The number of likely N-dealkylation sites (tertiary alicyclic amines) is 1. The van der Waals surface area contributed by atoms with Crippen molar-refractivity contribution in [1.29, 1.82) is 0 Å². The maximum atomic E-state index is 12.7. The molecule has 3 unspecified atom stereocenters. The van der Waals surface area contributed by atoms with Crippen LogP contribution in [-0.4, -0.2) is 73.7 Å². The Morgan fingerprint density at radius 1 is 1.18 bits per heavy atom. The van der Waals surface area contributed by atoms with Crippen molar-refractivity contribution in [3.63, 3.8) is 0 Å². The number of ether oxygens (including phenoxy) is 1. The van der Waals surface area contributed by atoms with Gasteiger partial charge in [0, 0.05) is 19.1 Å². The van der Waals surface area contributed by atoms with Crippen LogP contribution in [0.1, 0.15) is 38.5 Å². The molecule has 1 saturated carbocycles. The van der Waals surface area contributed by atoms with Gasteiger partial charge in [0.2, 0.25) is 5.91 Å². The van der Waals surface area contributed by atoms with Crippen LogP contribution >= 0.6 is 12.4 Å². The van der Waals surface area contributed by atoms with Gasteiger partial charge < -0.3 is 15.0 Å². The lowest BCUT2D eigenvalue weighted by Crippen LogP contribution is -2.57. The third-order valence-electron chi connectivity index (χ3n) is 5.33. The molecule has 2 heterocycles. The van der Waals surface area contributed by atoms with E-state index < -0.39 is 0 Å². The molecule has 0 bridgehead atoms. The zero-order valence-corrected chi connectivity index (χ0v) is 14.4. The second kappa shape index (κ2) is 8.48. The minimum absolute atomic E-state index is 0. The fraction of sp³-hybridized carbons (Fsp3) is 0.938. The monoisotopic (exact) mass is 331 g/mol. The number of halogens is 1. The fourth-order valence-corrected chi connectivity index (χ4v) is 4.12. The smallest absolute Gasteiger partial charge is 0.237 e. The van der Waals surface area contributed by atoms with Crippen LogP contribution < -0.4 is 5.32 Å². The van der Waals surface area contributed by atoms with Crippen LogP contribution in [0.25, 0.3) is 0 Å². The summed E-state index contributed by atoms with van der Waals surface area (Å²) in [5, 5.41) is 3.35. The van der Waals surface area contributed by atoms with Crippen LogP contribution in [-0.2, 0) is 9.53 Å². The van der Waals surface area contributed by atoms with Crippen molar-refractivity contribution in [3.8, 4) is 0 Å². The second-order valence-electron chi connectivity index (χ2n) is 6.71. The van der Waals surface area contributed by atoms with Crippen molar-refractivity contribution < 1.29 is 9.53 Å². The number of hydrogen-bond acceptors (Lipinski definition) is 4. The Bertz CT molecular complexity index is 367. The summed E-state index contributed by atoms with van der Waals surface area (Å²) < 4.78 is 5.87. The summed E-state index contributed by atoms with van der Waals surface area (Å²) in [4.78, 5) is 17.2. The predicted octanol–water partition coefficient (Wildman–Crippen LogP) is 1.26. The number of morpholine rings is 1. The molecule has 3 atom stereocenters. The summed E-state index contributed by atoms with van der Waals surface area (Å²) >= 11 is 0. The molecular formula is C16H30ClN3O2. The van der Waals surface area contributed by atoms with Crippen molar-refractivity contribution in [3.05, 3.63) is 0 Å².